The van der Waals surface area contributed by atoms with Gasteiger partial charge in [0.05, 0.1) is 23.0 Å². The van der Waals surface area contributed by atoms with Crippen molar-refractivity contribution in [3.05, 3.63) is 74.4 Å². The number of nitrogens with zero attached hydrogens (tertiary/aromatic N) is 1. The van der Waals surface area contributed by atoms with E-state index in [1.807, 2.05) is 46.3 Å². The average molecular weight is 431 g/mol. The molecule has 8 heteroatoms. The molecule has 0 aliphatic rings. The van der Waals surface area contributed by atoms with E-state index in [1.165, 1.54) is 18.4 Å². The minimum atomic E-state index is -0.470. The van der Waals surface area contributed by atoms with Gasteiger partial charge in [0.1, 0.15) is 10.6 Å². The number of anilines is 1. The number of halogens is 1. The summed E-state index contributed by atoms with van der Waals surface area (Å²) in [7, 11) is 1.32. The second kappa shape index (κ2) is 7.79. The van der Waals surface area contributed by atoms with Crippen molar-refractivity contribution in [3.63, 3.8) is 0 Å². The molecule has 4 aromatic rings. The second-order valence-electron chi connectivity index (χ2n) is 6.02. The van der Waals surface area contributed by atoms with E-state index in [1.54, 1.807) is 22.8 Å². The van der Waals surface area contributed by atoms with E-state index in [0.717, 1.165) is 15.8 Å². The number of esters is 1. The monoisotopic (exact) mass is 430 g/mol. The van der Waals surface area contributed by atoms with Gasteiger partial charge in [-0.1, -0.05) is 23.7 Å². The van der Waals surface area contributed by atoms with Crippen molar-refractivity contribution >= 4 is 62.1 Å². The summed E-state index contributed by atoms with van der Waals surface area (Å²) in [6, 6.07) is 13.1. The molecular weight excluding hydrogens is 416 g/mol. The van der Waals surface area contributed by atoms with E-state index < -0.39 is 5.97 Å². The number of nitrogens with one attached hydrogen (secondary N) is 1. The minimum Gasteiger partial charge on any atom is -0.465 e. The topological polar surface area (TPSA) is 60.3 Å². The third-order valence-corrected chi connectivity index (χ3v) is 6.29. The van der Waals surface area contributed by atoms with Gasteiger partial charge in [0.25, 0.3) is 5.91 Å². The number of thiophene rings is 2. The molecule has 0 spiro atoms. The molecular formula is C20H15ClN2O3S2. The third-order valence-electron chi connectivity index (χ3n) is 4.29. The average Bonchev–Trinajstić information content (AvgIpc) is 3.40. The molecule has 0 saturated carbocycles. The van der Waals surface area contributed by atoms with Crippen LogP contribution in [0.3, 0.4) is 0 Å². The number of hydrogen-bond donors (Lipinski definition) is 1. The van der Waals surface area contributed by atoms with Gasteiger partial charge < -0.3 is 14.6 Å². The number of hydrogen-bond acceptors (Lipinski definition) is 5. The van der Waals surface area contributed by atoms with Crippen molar-refractivity contribution in [2.24, 2.45) is 0 Å². The first-order valence-electron chi connectivity index (χ1n) is 8.35. The summed E-state index contributed by atoms with van der Waals surface area (Å²) >= 11 is 8.78. The lowest BCUT2D eigenvalue weighted by Gasteiger charge is -2.11. The van der Waals surface area contributed by atoms with Crippen molar-refractivity contribution in [3.8, 4) is 0 Å². The van der Waals surface area contributed by atoms with Crippen LogP contribution >= 0.6 is 34.3 Å². The molecule has 0 unspecified atom stereocenters. The predicted octanol–water partition coefficient (Wildman–Crippen LogP) is 5.50. The number of amides is 1. The molecule has 0 atom stereocenters. The van der Waals surface area contributed by atoms with Gasteiger partial charge in [-0.15, -0.1) is 22.7 Å². The number of methoxy groups -OCH3 is 1. The summed E-state index contributed by atoms with van der Waals surface area (Å²) in [5.74, 6) is -0.747. The van der Waals surface area contributed by atoms with Crippen molar-refractivity contribution in [1.82, 2.24) is 4.57 Å². The van der Waals surface area contributed by atoms with Gasteiger partial charge in [0, 0.05) is 11.6 Å². The molecule has 4 rings (SSSR count). The Bertz CT molecular complexity index is 1160. The third kappa shape index (κ3) is 3.56. The largest absolute Gasteiger partial charge is 0.465 e. The lowest BCUT2D eigenvalue weighted by atomic mass is 10.2. The molecule has 0 saturated heterocycles. The van der Waals surface area contributed by atoms with Crippen LogP contribution < -0.4 is 5.32 Å². The molecule has 0 bridgehead atoms. The summed E-state index contributed by atoms with van der Waals surface area (Å²) in [6.07, 6.45) is 0. The number of rotatable bonds is 5. The van der Waals surface area contributed by atoms with E-state index in [-0.39, 0.29) is 5.91 Å². The first kappa shape index (κ1) is 18.7. The molecule has 5 nitrogen and oxygen atoms in total. The molecule has 1 aromatic carbocycles. The lowest BCUT2D eigenvalue weighted by molar-refractivity contribution is 0.0607. The highest BCUT2D eigenvalue weighted by Gasteiger charge is 2.20. The molecule has 0 aliphatic heterocycles. The van der Waals surface area contributed by atoms with Crippen LogP contribution in [0.25, 0.3) is 10.2 Å². The Balaban J connectivity index is 1.67. The van der Waals surface area contributed by atoms with E-state index in [2.05, 4.69) is 5.32 Å². The Labute approximate surface area is 174 Å². The molecule has 1 amide bonds. The van der Waals surface area contributed by atoms with Gasteiger partial charge in [-0.3, -0.25) is 4.79 Å². The Morgan fingerprint density at radius 3 is 2.61 bits per heavy atom. The maximum atomic E-state index is 13.0. The summed E-state index contributed by atoms with van der Waals surface area (Å²) in [5.41, 5.74) is 3.00. The van der Waals surface area contributed by atoms with E-state index in [4.69, 9.17) is 16.3 Å². The van der Waals surface area contributed by atoms with Crippen molar-refractivity contribution < 1.29 is 14.3 Å². The maximum absolute atomic E-state index is 13.0. The van der Waals surface area contributed by atoms with Crippen molar-refractivity contribution in [1.29, 1.82) is 0 Å². The molecule has 142 valence electrons. The number of ether oxygens (including phenoxy) is 1. The van der Waals surface area contributed by atoms with Crippen LogP contribution in [0.15, 0.2) is 53.2 Å². The zero-order valence-electron chi connectivity index (χ0n) is 14.8. The highest BCUT2D eigenvalue weighted by molar-refractivity contribution is 7.17. The molecule has 0 radical (unpaired) electrons. The normalized spacial score (nSPS) is 10.9. The summed E-state index contributed by atoms with van der Waals surface area (Å²) in [5, 5.41) is 7.25. The van der Waals surface area contributed by atoms with E-state index >= 15 is 0 Å². The van der Waals surface area contributed by atoms with Gasteiger partial charge in [0.15, 0.2) is 0 Å². The van der Waals surface area contributed by atoms with E-state index in [0.29, 0.717) is 27.8 Å². The predicted molar refractivity (Wildman–Crippen MR) is 114 cm³/mol. The lowest BCUT2D eigenvalue weighted by Crippen LogP contribution is -2.18. The summed E-state index contributed by atoms with van der Waals surface area (Å²) in [4.78, 5) is 25.3. The Morgan fingerprint density at radius 2 is 1.86 bits per heavy atom. The summed E-state index contributed by atoms with van der Waals surface area (Å²) < 4.78 is 7.77. The van der Waals surface area contributed by atoms with Crippen LogP contribution in [-0.2, 0) is 11.3 Å². The van der Waals surface area contributed by atoms with Crippen LogP contribution in [0.5, 0.6) is 0 Å². The van der Waals surface area contributed by atoms with Gasteiger partial charge >= 0.3 is 5.97 Å². The van der Waals surface area contributed by atoms with E-state index in [9.17, 15) is 9.59 Å². The standard InChI is InChI=1S/C20H15ClN2O3S2/c1-26-20(25)18-14(6-8-28-18)22-19(24)16-10-17-15(7-9-27-17)23(16)11-12-2-4-13(21)5-3-12/h2-10H,11H2,1H3,(H,22,24). The van der Waals surface area contributed by atoms with Gasteiger partial charge in [0.2, 0.25) is 0 Å². The number of carbonyl (C=O) groups is 2. The Morgan fingerprint density at radius 1 is 1.11 bits per heavy atom. The first-order chi connectivity index (χ1) is 13.6. The first-order valence-corrected chi connectivity index (χ1v) is 10.5. The fourth-order valence-electron chi connectivity index (χ4n) is 2.95. The smallest absolute Gasteiger partial charge is 0.350 e. The maximum Gasteiger partial charge on any atom is 0.350 e. The van der Waals surface area contributed by atoms with Crippen molar-refractivity contribution in [2.75, 3.05) is 12.4 Å². The second-order valence-corrected chi connectivity index (χ2v) is 8.32. The molecule has 1 N–H and O–H groups in total. The molecule has 0 aliphatic carbocycles. The Kier molecular flexibility index (Phi) is 5.21. The summed E-state index contributed by atoms with van der Waals surface area (Å²) in [6.45, 7) is 0.535. The van der Waals surface area contributed by atoms with Crippen LogP contribution in [0.2, 0.25) is 5.02 Å². The van der Waals surface area contributed by atoms with Gasteiger partial charge in [-0.2, -0.15) is 0 Å². The van der Waals surface area contributed by atoms with Crippen LogP contribution in [0, 0.1) is 0 Å². The highest BCUT2D eigenvalue weighted by Crippen LogP contribution is 2.28. The van der Waals surface area contributed by atoms with Crippen LogP contribution in [-0.4, -0.2) is 23.6 Å². The number of fused-ring (bicyclic) bond motifs is 1. The van der Waals surface area contributed by atoms with Crippen molar-refractivity contribution in [2.45, 2.75) is 6.54 Å². The fourth-order valence-corrected chi connectivity index (χ4v) is 4.67. The number of benzene rings is 1. The zero-order valence-corrected chi connectivity index (χ0v) is 17.2. The highest BCUT2D eigenvalue weighted by atomic mass is 35.5. The zero-order chi connectivity index (χ0) is 19.7. The quantitative estimate of drug-likeness (QED) is 0.425. The van der Waals surface area contributed by atoms with Crippen LogP contribution in [0.1, 0.15) is 25.7 Å². The molecule has 3 heterocycles. The molecule has 28 heavy (non-hydrogen) atoms. The number of carbonyl (C=O) groups excluding carboxylic acids is 2. The molecule has 0 fully saturated rings. The number of aromatic nitrogens is 1. The van der Waals surface area contributed by atoms with Crippen LogP contribution in [0.4, 0.5) is 5.69 Å². The van der Waals surface area contributed by atoms with Gasteiger partial charge in [-0.25, -0.2) is 4.79 Å². The van der Waals surface area contributed by atoms with Gasteiger partial charge in [-0.05, 0) is 46.7 Å². The Hall–Kier alpha value is -2.61. The minimum absolute atomic E-state index is 0.277. The SMILES string of the molecule is COC(=O)c1sccc1NC(=O)c1cc2sccc2n1Cc1ccc(Cl)cc1. The molecule has 3 aromatic heterocycles. The fraction of sp³-hybridized carbons (Fsp3) is 0.100.